The van der Waals surface area contributed by atoms with E-state index in [1.165, 1.54) is 6.07 Å². The van der Waals surface area contributed by atoms with E-state index in [2.05, 4.69) is 0 Å². The molecule has 1 atom stereocenters. The molecule has 0 fully saturated rings. The van der Waals surface area contributed by atoms with Crippen LogP contribution in [0.5, 0.6) is 11.5 Å². The Labute approximate surface area is 105 Å². The topological polar surface area (TPSA) is 98.9 Å². The quantitative estimate of drug-likeness (QED) is 0.795. The van der Waals surface area contributed by atoms with Crippen LogP contribution >= 0.6 is 0 Å². The van der Waals surface area contributed by atoms with E-state index < -0.39 is 15.9 Å². The molecule has 0 saturated heterocycles. The van der Waals surface area contributed by atoms with Crippen molar-refractivity contribution in [3.8, 4) is 11.5 Å². The molecular formula is C11H15NO5S. The molecular weight excluding hydrogens is 258 g/mol. The lowest BCUT2D eigenvalue weighted by Gasteiger charge is -2.23. The van der Waals surface area contributed by atoms with Crippen molar-refractivity contribution in [2.75, 3.05) is 26.0 Å². The number of fused-ring (bicyclic) bond motifs is 1. The highest BCUT2D eigenvalue weighted by molar-refractivity contribution is 7.90. The summed E-state index contributed by atoms with van der Waals surface area (Å²) in [7, 11) is -3.55. The fourth-order valence-electron chi connectivity index (χ4n) is 1.88. The molecule has 1 aliphatic rings. The molecule has 1 heterocycles. The van der Waals surface area contributed by atoms with Gasteiger partial charge in [-0.3, -0.25) is 0 Å². The Morgan fingerprint density at radius 1 is 1.39 bits per heavy atom. The van der Waals surface area contributed by atoms with Gasteiger partial charge in [0.15, 0.2) is 21.3 Å². The number of aliphatic hydroxyl groups excluding tert-OH is 1. The van der Waals surface area contributed by atoms with E-state index >= 15 is 0 Å². The molecule has 0 amide bonds. The van der Waals surface area contributed by atoms with E-state index in [-0.39, 0.29) is 29.4 Å². The largest absolute Gasteiger partial charge is 0.486 e. The van der Waals surface area contributed by atoms with Gasteiger partial charge in [0.2, 0.25) is 0 Å². The molecule has 6 nitrogen and oxygen atoms in total. The SMILES string of the molecule is CS(=O)(=O)c1c(C(O)CN)ccc2c1OCCO2. The number of benzene rings is 1. The number of aliphatic hydroxyl groups is 1. The van der Waals surface area contributed by atoms with Crippen molar-refractivity contribution in [1.29, 1.82) is 0 Å². The summed E-state index contributed by atoms with van der Waals surface area (Å²) < 4.78 is 34.4. The van der Waals surface area contributed by atoms with Gasteiger partial charge in [0, 0.05) is 18.4 Å². The van der Waals surface area contributed by atoms with Gasteiger partial charge in [-0.1, -0.05) is 6.07 Å². The summed E-state index contributed by atoms with van der Waals surface area (Å²) in [5, 5.41) is 9.79. The molecule has 1 aromatic carbocycles. The molecule has 100 valence electrons. The predicted octanol–water partition coefficient (Wildman–Crippen LogP) is -0.147. The molecule has 0 aliphatic carbocycles. The molecule has 0 saturated carbocycles. The van der Waals surface area contributed by atoms with Crippen LogP contribution in [-0.4, -0.2) is 39.5 Å². The number of rotatable bonds is 3. The molecule has 1 unspecified atom stereocenters. The zero-order valence-electron chi connectivity index (χ0n) is 9.92. The Morgan fingerprint density at radius 3 is 2.67 bits per heavy atom. The van der Waals surface area contributed by atoms with Crippen LogP contribution in [0.15, 0.2) is 17.0 Å². The van der Waals surface area contributed by atoms with Crippen LogP contribution in [0.4, 0.5) is 0 Å². The minimum Gasteiger partial charge on any atom is -0.486 e. The third kappa shape index (κ3) is 2.29. The van der Waals surface area contributed by atoms with Gasteiger partial charge in [-0.05, 0) is 6.07 Å². The van der Waals surface area contributed by atoms with E-state index in [0.717, 1.165) is 6.26 Å². The summed E-state index contributed by atoms with van der Waals surface area (Å²) in [6.45, 7) is 0.578. The smallest absolute Gasteiger partial charge is 0.180 e. The minimum absolute atomic E-state index is 0.0438. The Balaban J connectivity index is 2.69. The predicted molar refractivity (Wildman–Crippen MR) is 64.6 cm³/mol. The zero-order chi connectivity index (χ0) is 13.3. The lowest BCUT2D eigenvalue weighted by molar-refractivity contribution is 0.159. The summed E-state index contributed by atoms with van der Waals surface area (Å²) >= 11 is 0. The second kappa shape index (κ2) is 4.75. The highest BCUT2D eigenvalue weighted by atomic mass is 32.2. The van der Waals surface area contributed by atoms with Crippen LogP contribution in [0.1, 0.15) is 11.7 Å². The molecule has 3 N–H and O–H groups in total. The summed E-state index contributed by atoms with van der Waals surface area (Å²) in [6.07, 6.45) is 0.0124. The molecule has 7 heteroatoms. The van der Waals surface area contributed by atoms with Gasteiger partial charge in [0.05, 0.1) is 6.10 Å². The standard InChI is InChI=1S/C11H15NO5S/c1-18(14,15)11-7(8(13)6-12)2-3-9-10(11)17-5-4-16-9/h2-3,8,13H,4-6,12H2,1H3. The monoisotopic (exact) mass is 273 g/mol. The molecule has 18 heavy (non-hydrogen) atoms. The lowest BCUT2D eigenvalue weighted by Crippen LogP contribution is -2.21. The normalized spacial score (nSPS) is 16.4. The average Bonchev–Trinajstić information content (AvgIpc) is 2.35. The lowest BCUT2D eigenvalue weighted by atomic mass is 10.1. The first-order chi connectivity index (χ1) is 8.45. The van der Waals surface area contributed by atoms with E-state index in [4.69, 9.17) is 15.2 Å². The maximum atomic E-state index is 11.9. The molecule has 1 aliphatic heterocycles. The van der Waals surface area contributed by atoms with Gasteiger partial charge in [-0.2, -0.15) is 0 Å². The van der Waals surface area contributed by atoms with Gasteiger partial charge in [0.25, 0.3) is 0 Å². The first kappa shape index (κ1) is 13.1. The van der Waals surface area contributed by atoms with Crippen molar-refractivity contribution < 1.29 is 23.0 Å². The summed E-state index contributed by atoms with van der Waals surface area (Å²) in [4.78, 5) is -0.0438. The molecule has 1 aromatic rings. The third-order valence-electron chi connectivity index (χ3n) is 2.65. The second-order valence-corrected chi connectivity index (χ2v) is 5.98. The average molecular weight is 273 g/mol. The zero-order valence-corrected chi connectivity index (χ0v) is 10.7. The Kier molecular flexibility index (Phi) is 3.47. The molecule has 0 aromatic heterocycles. The van der Waals surface area contributed by atoms with Crippen LogP contribution in [0.2, 0.25) is 0 Å². The van der Waals surface area contributed by atoms with Crippen LogP contribution in [0.25, 0.3) is 0 Å². The van der Waals surface area contributed by atoms with Gasteiger partial charge in [-0.25, -0.2) is 8.42 Å². The Morgan fingerprint density at radius 2 is 2.06 bits per heavy atom. The number of hydrogen-bond acceptors (Lipinski definition) is 6. The number of ether oxygens (including phenoxy) is 2. The maximum Gasteiger partial charge on any atom is 0.180 e. The van der Waals surface area contributed by atoms with Crippen molar-refractivity contribution in [1.82, 2.24) is 0 Å². The van der Waals surface area contributed by atoms with Crippen LogP contribution in [0.3, 0.4) is 0 Å². The number of sulfone groups is 1. The maximum absolute atomic E-state index is 11.9. The molecule has 0 bridgehead atoms. The summed E-state index contributed by atoms with van der Waals surface area (Å²) in [6, 6.07) is 3.08. The van der Waals surface area contributed by atoms with E-state index in [0.29, 0.717) is 12.4 Å². The highest BCUT2D eigenvalue weighted by Crippen LogP contribution is 2.40. The van der Waals surface area contributed by atoms with E-state index in [1.54, 1.807) is 6.07 Å². The first-order valence-electron chi connectivity index (χ1n) is 5.46. The summed E-state index contributed by atoms with van der Waals surface area (Å²) in [5.41, 5.74) is 5.62. The minimum atomic E-state index is -3.55. The number of nitrogens with two attached hydrogens (primary N) is 1. The van der Waals surface area contributed by atoms with Gasteiger partial charge in [-0.15, -0.1) is 0 Å². The van der Waals surface area contributed by atoms with Gasteiger partial charge >= 0.3 is 0 Å². The molecule has 0 radical (unpaired) electrons. The Bertz CT molecular complexity index is 555. The van der Waals surface area contributed by atoms with Crippen LogP contribution in [-0.2, 0) is 9.84 Å². The molecule has 0 spiro atoms. The molecule has 2 rings (SSSR count). The van der Waals surface area contributed by atoms with Crippen molar-refractivity contribution in [3.05, 3.63) is 17.7 Å². The third-order valence-corrected chi connectivity index (χ3v) is 3.81. The first-order valence-corrected chi connectivity index (χ1v) is 7.35. The second-order valence-electron chi connectivity index (χ2n) is 4.03. The fraction of sp³-hybridized carbons (Fsp3) is 0.455. The van der Waals surface area contributed by atoms with Crippen molar-refractivity contribution in [2.45, 2.75) is 11.0 Å². The van der Waals surface area contributed by atoms with Crippen LogP contribution in [0, 0.1) is 0 Å². The number of hydrogen-bond donors (Lipinski definition) is 2. The Hall–Kier alpha value is -1.31. The van der Waals surface area contributed by atoms with Gasteiger partial charge < -0.3 is 20.3 Å². The fourth-order valence-corrected chi connectivity index (χ4v) is 3.01. The van der Waals surface area contributed by atoms with Crippen LogP contribution < -0.4 is 15.2 Å². The van der Waals surface area contributed by atoms with Crippen molar-refractivity contribution in [3.63, 3.8) is 0 Å². The van der Waals surface area contributed by atoms with Gasteiger partial charge in [0.1, 0.15) is 18.1 Å². The van der Waals surface area contributed by atoms with E-state index in [9.17, 15) is 13.5 Å². The van der Waals surface area contributed by atoms with E-state index in [1.807, 2.05) is 0 Å². The van der Waals surface area contributed by atoms with Crippen molar-refractivity contribution >= 4 is 9.84 Å². The summed E-state index contributed by atoms with van der Waals surface area (Å²) in [5.74, 6) is 0.531. The van der Waals surface area contributed by atoms with Crippen molar-refractivity contribution in [2.24, 2.45) is 5.73 Å². The highest BCUT2D eigenvalue weighted by Gasteiger charge is 2.28.